The normalized spacial score (nSPS) is 46.8. The van der Waals surface area contributed by atoms with E-state index in [1.807, 2.05) is 13.0 Å². The van der Waals surface area contributed by atoms with Crippen LogP contribution >= 0.6 is 0 Å². The Kier molecular flexibility index (Phi) is 5.32. The van der Waals surface area contributed by atoms with Crippen molar-refractivity contribution in [3.63, 3.8) is 0 Å². The fourth-order valence-electron chi connectivity index (χ4n) is 9.17. The minimum Gasteiger partial charge on any atom is -0.481 e. The highest BCUT2D eigenvalue weighted by molar-refractivity contribution is 6.46. The summed E-state index contributed by atoms with van der Waals surface area (Å²) in [6.07, 6.45) is 11.5. The zero-order chi connectivity index (χ0) is 27.4. The Hall–Kier alpha value is -2.50. The summed E-state index contributed by atoms with van der Waals surface area (Å²) in [5, 5.41) is 10.1. The summed E-state index contributed by atoms with van der Waals surface area (Å²) < 4.78 is 5.53. The molecular weight excluding hydrogens is 468 g/mol. The van der Waals surface area contributed by atoms with E-state index in [0.717, 1.165) is 37.7 Å². The van der Waals surface area contributed by atoms with Crippen LogP contribution in [0.15, 0.2) is 34.9 Å². The number of allylic oxidation sites excluding steroid dienone is 4. The minimum atomic E-state index is -1.63. The molecular formula is C31H40O6. The number of esters is 1. The van der Waals surface area contributed by atoms with Crippen LogP contribution in [0.25, 0.3) is 0 Å². The number of carbonyl (C=O) groups is 4. The highest BCUT2D eigenvalue weighted by Gasteiger charge is 2.68. The number of ketones is 2. The first kappa shape index (κ1) is 26.1. The van der Waals surface area contributed by atoms with Crippen molar-refractivity contribution in [2.75, 3.05) is 0 Å². The molecule has 7 atom stereocenters. The number of carboxylic acids is 1. The molecule has 37 heavy (non-hydrogen) atoms. The second kappa shape index (κ2) is 7.54. The highest BCUT2D eigenvalue weighted by atomic mass is 16.6. The zero-order valence-electron chi connectivity index (χ0n) is 23.2. The second-order valence-electron chi connectivity index (χ2n) is 13.9. The van der Waals surface area contributed by atoms with Crippen molar-refractivity contribution in [1.82, 2.24) is 0 Å². The van der Waals surface area contributed by atoms with Gasteiger partial charge in [-0.2, -0.15) is 0 Å². The molecule has 5 aliphatic rings. The Morgan fingerprint density at radius 1 is 0.892 bits per heavy atom. The number of hydrogen-bond donors (Lipinski definition) is 1. The Morgan fingerprint density at radius 3 is 2.16 bits per heavy atom. The van der Waals surface area contributed by atoms with Gasteiger partial charge in [0.05, 0.1) is 5.41 Å². The van der Waals surface area contributed by atoms with Crippen molar-refractivity contribution < 1.29 is 29.0 Å². The molecule has 0 aromatic rings. The van der Waals surface area contributed by atoms with Crippen molar-refractivity contribution >= 4 is 23.5 Å². The lowest BCUT2D eigenvalue weighted by Crippen LogP contribution is -2.62. The molecule has 0 aromatic heterocycles. The van der Waals surface area contributed by atoms with Gasteiger partial charge < -0.3 is 9.84 Å². The Bertz CT molecular complexity index is 1240. The molecule has 5 aliphatic carbocycles. The van der Waals surface area contributed by atoms with E-state index in [0.29, 0.717) is 18.4 Å². The fourth-order valence-corrected chi connectivity index (χ4v) is 9.17. The molecule has 6 nitrogen and oxygen atoms in total. The molecule has 0 radical (unpaired) electrons. The van der Waals surface area contributed by atoms with E-state index >= 15 is 0 Å². The zero-order valence-corrected chi connectivity index (χ0v) is 23.2. The monoisotopic (exact) mass is 508 g/mol. The lowest BCUT2D eigenvalue weighted by Gasteiger charge is -2.70. The van der Waals surface area contributed by atoms with Gasteiger partial charge in [-0.3, -0.25) is 19.2 Å². The maximum atomic E-state index is 13.0. The van der Waals surface area contributed by atoms with Crippen LogP contribution in [0.4, 0.5) is 0 Å². The lowest BCUT2D eigenvalue weighted by molar-refractivity contribution is -0.178. The van der Waals surface area contributed by atoms with Crippen LogP contribution in [0.1, 0.15) is 93.4 Å². The smallest absolute Gasteiger partial charge is 0.309 e. The molecule has 6 heteroatoms. The van der Waals surface area contributed by atoms with Crippen molar-refractivity contribution in [2.24, 2.45) is 33.0 Å². The van der Waals surface area contributed by atoms with Crippen LogP contribution in [-0.4, -0.2) is 34.2 Å². The van der Waals surface area contributed by atoms with Crippen LogP contribution in [0.5, 0.6) is 0 Å². The van der Waals surface area contributed by atoms with Crippen molar-refractivity contribution in [1.29, 1.82) is 0 Å². The van der Waals surface area contributed by atoms with Gasteiger partial charge in [-0.25, -0.2) is 0 Å². The van der Waals surface area contributed by atoms with Gasteiger partial charge in [-0.1, -0.05) is 45.4 Å². The standard InChI is InChI=1S/C31H40O6/c1-18(32)37-31(7)19-8-9-22-28(4,20(19)16-21(33)24(31)34)13-15-30(6)23-17-27(3,25(35)36)11-10-26(23,2)12-14-29(22,30)5/h8-9,16,23H,10-15,17H2,1-7H3,(H,35,36)/t23-,26-,27-,28+,29-,30+,31?/m1/s1. The summed E-state index contributed by atoms with van der Waals surface area (Å²) in [5.74, 6) is -2.37. The van der Waals surface area contributed by atoms with Crippen LogP contribution in [-0.2, 0) is 23.9 Å². The molecule has 0 aromatic carbocycles. The molecule has 5 rings (SSSR count). The first-order valence-electron chi connectivity index (χ1n) is 13.6. The lowest BCUT2D eigenvalue weighted by atomic mass is 9.34. The molecule has 0 heterocycles. The minimum absolute atomic E-state index is 0.105. The number of carboxylic acid groups (broad SMARTS) is 1. The van der Waals surface area contributed by atoms with Crippen LogP contribution < -0.4 is 0 Å². The van der Waals surface area contributed by atoms with Gasteiger partial charge in [0.25, 0.3) is 5.78 Å². The molecule has 0 bridgehead atoms. The summed E-state index contributed by atoms with van der Waals surface area (Å²) in [6.45, 7) is 13.9. The van der Waals surface area contributed by atoms with Gasteiger partial charge in [0.15, 0.2) is 0 Å². The largest absolute Gasteiger partial charge is 0.481 e. The molecule has 0 aliphatic heterocycles. The van der Waals surface area contributed by atoms with E-state index in [4.69, 9.17) is 4.74 Å². The van der Waals surface area contributed by atoms with Crippen molar-refractivity contribution in [2.45, 2.75) is 99.0 Å². The summed E-state index contributed by atoms with van der Waals surface area (Å²) in [4.78, 5) is 50.2. The first-order valence-corrected chi connectivity index (χ1v) is 13.6. The van der Waals surface area contributed by atoms with Gasteiger partial charge in [-0.15, -0.1) is 0 Å². The summed E-state index contributed by atoms with van der Waals surface area (Å²) >= 11 is 0. The van der Waals surface area contributed by atoms with E-state index in [1.54, 1.807) is 0 Å². The van der Waals surface area contributed by atoms with E-state index in [-0.39, 0.29) is 22.2 Å². The number of fused-ring (bicyclic) bond motifs is 7. The predicted molar refractivity (Wildman–Crippen MR) is 138 cm³/mol. The third-order valence-electron chi connectivity index (χ3n) is 11.9. The summed E-state index contributed by atoms with van der Waals surface area (Å²) in [5.41, 5.74) is -0.393. The third kappa shape index (κ3) is 3.16. The van der Waals surface area contributed by atoms with Crippen LogP contribution in [0, 0.1) is 33.0 Å². The van der Waals surface area contributed by atoms with Gasteiger partial charge >= 0.3 is 11.9 Å². The quantitative estimate of drug-likeness (QED) is 0.376. The molecule has 200 valence electrons. The predicted octanol–water partition coefficient (Wildman–Crippen LogP) is 5.76. The van der Waals surface area contributed by atoms with E-state index in [9.17, 15) is 24.3 Å². The van der Waals surface area contributed by atoms with Gasteiger partial charge in [0.2, 0.25) is 11.4 Å². The fraction of sp³-hybridized carbons (Fsp3) is 0.677. The van der Waals surface area contributed by atoms with Gasteiger partial charge in [0, 0.05) is 17.9 Å². The number of hydrogen-bond acceptors (Lipinski definition) is 5. The van der Waals surface area contributed by atoms with E-state index in [2.05, 4.69) is 33.8 Å². The third-order valence-corrected chi connectivity index (χ3v) is 11.9. The van der Waals surface area contributed by atoms with Crippen molar-refractivity contribution in [3.8, 4) is 0 Å². The Balaban J connectivity index is 1.65. The number of rotatable bonds is 2. The highest BCUT2D eigenvalue weighted by Crippen LogP contribution is 2.75. The summed E-state index contributed by atoms with van der Waals surface area (Å²) in [6, 6.07) is 0. The molecule has 0 saturated heterocycles. The first-order chi connectivity index (χ1) is 17.0. The maximum absolute atomic E-state index is 13.0. The SMILES string of the molecule is CC(=O)OC1(C)C(=O)C(=O)C=C2C1=CC=C1[C@@]2(C)CC[C@@]2(C)[C@@H]3C[C@](C)(C(=O)O)CC[C@]3(C)CC[C@]12C. The maximum Gasteiger partial charge on any atom is 0.309 e. The number of Topliss-reactive ketones (excluding diaryl/α,β-unsaturated/α-hetero) is 1. The van der Waals surface area contributed by atoms with Crippen molar-refractivity contribution in [3.05, 3.63) is 34.9 Å². The topological polar surface area (TPSA) is 97.7 Å². The second-order valence-corrected chi connectivity index (χ2v) is 13.9. The van der Waals surface area contributed by atoms with Gasteiger partial charge in [0.1, 0.15) is 0 Å². The van der Waals surface area contributed by atoms with Crippen LogP contribution in [0.3, 0.4) is 0 Å². The van der Waals surface area contributed by atoms with E-state index in [1.165, 1.54) is 25.5 Å². The molecule has 1 N–H and O–H groups in total. The molecule has 0 amide bonds. The number of aliphatic carboxylic acids is 1. The average molecular weight is 509 g/mol. The molecule has 0 spiro atoms. The average Bonchev–Trinajstić information content (AvgIpc) is 2.80. The summed E-state index contributed by atoms with van der Waals surface area (Å²) in [7, 11) is 0. The molecule has 3 fully saturated rings. The van der Waals surface area contributed by atoms with Gasteiger partial charge in [-0.05, 0) is 92.6 Å². The molecule has 1 unspecified atom stereocenters. The Labute approximate surface area is 219 Å². The van der Waals surface area contributed by atoms with Crippen LogP contribution in [0.2, 0.25) is 0 Å². The van der Waals surface area contributed by atoms with E-state index < -0.39 is 39.9 Å². The Morgan fingerprint density at radius 2 is 1.54 bits per heavy atom. The molecule has 3 saturated carbocycles. The number of ether oxygens (including phenoxy) is 1. The number of carbonyl (C=O) groups excluding carboxylic acids is 3.